The number of nitrogens with one attached hydrogen (secondary N) is 1. The van der Waals surface area contributed by atoms with E-state index in [0.29, 0.717) is 18.0 Å². The molecule has 19 heavy (non-hydrogen) atoms. The average molecular weight is 258 g/mol. The monoisotopic (exact) mass is 258 g/mol. The zero-order valence-corrected chi connectivity index (χ0v) is 10.8. The number of anilines is 2. The fraction of sp³-hybridized carbons (Fsp3) is 0.200. The summed E-state index contributed by atoms with van der Waals surface area (Å²) in [5.74, 6) is 0.618. The van der Waals surface area contributed by atoms with Crippen LogP contribution in [0.2, 0.25) is 0 Å². The Hall–Kier alpha value is -2.20. The molecule has 0 amide bonds. The second-order valence-electron chi connectivity index (χ2n) is 4.26. The molecule has 4 N–H and O–H groups in total. The topological polar surface area (TPSA) is 67.5 Å². The molecule has 100 valence electrons. The van der Waals surface area contributed by atoms with Gasteiger partial charge in [0.2, 0.25) is 0 Å². The molecule has 0 spiro atoms. The molecule has 4 heteroatoms. The van der Waals surface area contributed by atoms with E-state index in [-0.39, 0.29) is 0 Å². The fourth-order valence-corrected chi connectivity index (χ4v) is 1.85. The van der Waals surface area contributed by atoms with Gasteiger partial charge in [0.15, 0.2) is 0 Å². The molecule has 0 saturated carbocycles. The van der Waals surface area contributed by atoms with Gasteiger partial charge in [0.25, 0.3) is 0 Å². The molecule has 0 aromatic heterocycles. The van der Waals surface area contributed by atoms with E-state index in [4.69, 9.17) is 10.5 Å². The number of hydrogen-bond acceptors (Lipinski definition) is 4. The van der Waals surface area contributed by atoms with Gasteiger partial charge in [-0.25, -0.2) is 0 Å². The first-order valence-electron chi connectivity index (χ1n) is 6.11. The Bertz CT molecular complexity index is 529. The van der Waals surface area contributed by atoms with E-state index in [1.165, 1.54) is 0 Å². The van der Waals surface area contributed by atoms with Crippen LogP contribution in [0.1, 0.15) is 11.7 Å². The second kappa shape index (κ2) is 6.11. The van der Waals surface area contributed by atoms with Gasteiger partial charge in [-0.3, -0.25) is 0 Å². The van der Waals surface area contributed by atoms with E-state index >= 15 is 0 Å². The van der Waals surface area contributed by atoms with Crippen LogP contribution in [0.15, 0.2) is 48.5 Å². The van der Waals surface area contributed by atoms with Crippen LogP contribution in [0.25, 0.3) is 0 Å². The first kappa shape index (κ1) is 13.2. The number of nitrogen functional groups attached to an aromatic ring is 1. The number of para-hydroxylation sites is 1. The summed E-state index contributed by atoms with van der Waals surface area (Å²) in [7, 11) is 1.57. The van der Waals surface area contributed by atoms with Gasteiger partial charge in [0.05, 0.1) is 18.9 Å². The number of aliphatic hydroxyl groups excluding tert-OH is 1. The minimum absolute atomic E-state index is 0.426. The third-order valence-electron chi connectivity index (χ3n) is 2.91. The molecule has 0 bridgehead atoms. The van der Waals surface area contributed by atoms with Gasteiger partial charge in [-0.1, -0.05) is 24.3 Å². The van der Waals surface area contributed by atoms with E-state index in [1.54, 1.807) is 19.2 Å². The van der Waals surface area contributed by atoms with Gasteiger partial charge in [0.1, 0.15) is 5.75 Å². The average Bonchev–Trinajstić information content (AvgIpc) is 2.45. The third-order valence-corrected chi connectivity index (χ3v) is 2.91. The van der Waals surface area contributed by atoms with Crippen molar-refractivity contribution >= 4 is 11.4 Å². The summed E-state index contributed by atoms with van der Waals surface area (Å²) in [5, 5.41) is 13.3. The van der Waals surface area contributed by atoms with E-state index in [0.717, 1.165) is 11.3 Å². The highest BCUT2D eigenvalue weighted by molar-refractivity contribution is 5.54. The van der Waals surface area contributed by atoms with Gasteiger partial charge >= 0.3 is 0 Å². The van der Waals surface area contributed by atoms with Crippen LogP contribution in [-0.4, -0.2) is 18.8 Å². The minimum Gasteiger partial charge on any atom is -0.495 e. The maximum atomic E-state index is 10.1. The normalized spacial score (nSPS) is 11.9. The Labute approximate surface area is 112 Å². The Balaban J connectivity index is 2.00. The zero-order chi connectivity index (χ0) is 13.7. The number of rotatable bonds is 5. The van der Waals surface area contributed by atoms with E-state index in [2.05, 4.69) is 5.32 Å². The molecule has 0 aliphatic rings. The highest BCUT2D eigenvalue weighted by Crippen LogP contribution is 2.25. The van der Waals surface area contributed by atoms with Crippen LogP contribution in [0.3, 0.4) is 0 Å². The summed E-state index contributed by atoms with van der Waals surface area (Å²) in [6.07, 6.45) is -0.617. The quantitative estimate of drug-likeness (QED) is 0.720. The Kier molecular flexibility index (Phi) is 4.26. The highest BCUT2D eigenvalue weighted by Gasteiger charge is 2.09. The van der Waals surface area contributed by atoms with Crippen molar-refractivity contribution in [2.75, 3.05) is 24.7 Å². The third kappa shape index (κ3) is 3.39. The molecule has 2 rings (SSSR count). The van der Waals surface area contributed by atoms with Crippen molar-refractivity contribution < 1.29 is 9.84 Å². The molecule has 0 saturated heterocycles. The number of benzene rings is 2. The van der Waals surface area contributed by atoms with Crippen LogP contribution in [0, 0.1) is 0 Å². The lowest BCUT2D eigenvalue weighted by Crippen LogP contribution is -2.12. The van der Waals surface area contributed by atoms with Crippen LogP contribution in [0.4, 0.5) is 11.4 Å². The van der Waals surface area contributed by atoms with Crippen LogP contribution < -0.4 is 15.8 Å². The molecule has 1 atom stereocenters. The molecule has 1 unspecified atom stereocenters. The van der Waals surface area contributed by atoms with Gasteiger partial charge < -0.3 is 20.9 Å². The highest BCUT2D eigenvalue weighted by atomic mass is 16.5. The second-order valence-corrected chi connectivity index (χ2v) is 4.26. The van der Waals surface area contributed by atoms with Crippen molar-refractivity contribution in [1.82, 2.24) is 0 Å². The van der Waals surface area contributed by atoms with Crippen molar-refractivity contribution in [3.8, 4) is 5.75 Å². The lowest BCUT2D eigenvalue weighted by molar-refractivity contribution is 0.191. The van der Waals surface area contributed by atoms with E-state index < -0.39 is 6.10 Å². The summed E-state index contributed by atoms with van der Waals surface area (Å²) < 4.78 is 5.09. The number of aliphatic hydroxyl groups is 1. The van der Waals surface area contributed by atoms with Crippen molar-refractivity contribution in [2.24, 2.45) is 0 Å². The largest absolute Gasteiger partial charge is 0.495 e. The van der Waals surface area contributed by atoms with Gasteiger partial charge in [-0.2, -0.15) is 0 Å². The van der Waals surface area contributed by atoms with E-state index in [9.17, 15) is 5.11 Å². The number of ether oxygens (including phenoxy) is 1. The number of hydrogen-bond donors (Lipinski definition) is 3. The molecular weight excluding hydrogens is 240 g/mol. The molecule has 2 aromatic rings. The SMILES string of the molecule is COc1ccc(C(O)CNc2ccccc2)cc1N. The lowest BCUT2D eigenvalue weighted by atomic mass is 10.1. The predicted octanol–water partition coefficient (Wildman–Crippen LogP) is 2.42. The summed E-state index contributed by atoms with van der Waals surface area (Å²) in [4.78, 5) is 0. The van der Waals surface area contributed by atoms with Gasteiger partial charge in [-0.05, 0) is 29.8 Å². The standard InChI is InChI=1S/C15H18N2O2/c1-19-15-8-7-11(9-13(15)16)14(18)10-17-12-5-3-2-4-6-12/h2-9,14,17-18H,10,16H2,1H3. The molecule has 0 fully saturated rings. The number of methoxy groups -OCH3 is 1. The Morgan fingerprint density at radius 2 is 1.95 bits per heavy atom. The lowest BCUT2D eigenvalue weighted by Gasteiger charge is -2.14. The minimum atomic E-state index is -0.617. The predicted molar refractivity (Wildman–Crippen MR) is 77.3 cm³/mol. The van der Waals surface area contributed by atoms with Crippen molar-refractivity contribution in [3.05, 3.63) is 54.1 Å². The molecule has 0 radical (unpaired) electrons. The maximum Gasteiger partial charge on any atom is 0.141 e. The molecular formula is C15H18N2O2. The molecule has 2 aromatic carbocycles. The van der Waals surface area contributed by atoms with Crippen LogP contribution >= 0.6 is 0 Å². The smallest absolute Gasteiger partial charge is 0.141 e. The number of nitrogens with two attached hydrogens (primary N) is 1. The van der Waals surface area contributed by atoms with E-state index in [1.807, 2.05) is 36.4 Å². The van der Waals surface area contributed by atoms with Gasteiger partial charge in [-0.15, -0.1) is 0 Å². The first-order valence-corrected chi connectivity index (χ1v) is 6.11. The molecule has 0 aliphatic heterocycles. The molecule has 0 aliphatic carbocycles. The molecule has 4 nitrogen and oxygen atoms in total. The summed E-state index contributed by atoms with van der Waals surface area (Å²) in [6.45, 7) is 0.426. The first-order chi connectivity index (χ1) is 9.20. The van der Waals surface area contributed by atoms with Crippen LogP contribution in [-0.2, 0) is 0 Å². The molecule has 0 heterocycles. The Morgan fingerprint density at radius 1 is 1.21 bits per heavy atom. The van der Waals surface area contributed by atoms with Gasteiger partial charge in [0, 0.05) is 12.2 Å². The fourth-order valence-electron chi connectivity index (χ4n) is 1.85. The van der Waals surface area contributed by atoms with Crippen molar-refractivity contribution in [1.29, 1.82) is 0 Å². The summed E-state index contributed by atoms with van der Waals surface area (Å²) >= 11 is 0. The summed E-state index contributed by atoms with van der Waals surface area (Å²) in [5.41, 5.74) is 8.09. The zero-order valence-electron chi connectivity index (χ0n) is 10.8. The summed E-state index contributed by atoms with van der Waals surface area (Å²) in [6, 6.07) is 15.1. The van der Waals surface area contributed by atoms with Crippen LogP contribution in [0.5, 0.6) is 5.75 Å². The van der Waals surface area contributed by atoms with Crippen molar-refractivity contribution in [2.45, 2.75) is 6.10 Å². The Morgan fingerprint density at radius 3 is 2.58 bits per heavy atom. The van der Waals surface area contributed by atoms with Crippen molar-refractivity contribution in [3.63, 3.8) is 0 Å². The maximum absolute atomic E-state index is 10.1.